The van der Waals surface area contributed by atoms with Crippen LogP contribution in [0.15, 0.2) is 18.2 Å². The van der Waals surface area contributed by atoms with E-state index in [4.69, 9.17) is 11.6 Å². The second kappa shape index (κ2) is 4.72. The zero-order chi connectivity index (χ0) is 13.3. The van der Waals surface area contributed by atoms with Crippen LogP contribution in [0.2, 0.25) is 5.02 Å². The lowest BCUT2D eigenvalue weighted by Crippen LogP contribution is -2.43. The normalized spacial score (nSPS) is 12.5. The molecule has 3 N–H and O–H groups in total. The Morgan fingerprint density at radius 1 is 1.29 bits per heavy atom. The van der Waals surface area contributed by atoms with Gasteiger partial charge in [-0.25, -0.2) is 0 Å². The summed E-state index contributed by atoms with van der Waals surface area (Å²) < 4.78 is 28.1. The molecule has 0 fully saturated rings. The molecule has 1 rings (SSSR count). The monoisotopic (exact) mass is 278 g/mol. The highest BCUT2D eigenvalue weighted by molar-refractivity contribution is 7.90. The second-order valence-corrected chi connectivity index (χ2v) is 6.45. The van der Waals surface area contributed by atoms with E-state index < -0.39 is 15.7 Å². The predicted octanol–water partition coefficient (Wildman–Crippen LogP) is 2.09. The quantitative estimate of drug-likeness (QED) is 0.741. The fourth-order valence-corrected chi connectivity index (χ4v) is 2.63. The van der Waals surface area contributed by atoms with Crippen molar-refractivity contribution in [3.8, 4) is 5.75 Å². The van der Waals surface area contributed by atoms with Crippen molar-refractivity contribution >= 4 is 27.5 Å². The van der Waals surface area contributed by atoms with Crippen molar-refractivity contribution in [3.05, 3.63) is 23.2 Å². The summed E-state index contributed by atoms with van der Waals surface area (Å²) in [6.07, 6.45) is 0. The lowest BCUT2D eigenvalue weighted by atomic mass is 10.1. The average molecular weight is 279 g/mol. The predicted molar refractivity (Wildman–Crippen MR) is 68.5 cm³/mol. The standard InChI is InChI=1S/C10H15ClN2O3S/c1-10(2,3)13-17(15,16)12-7-4-5-9(14)8(11)6-7/h4-6,12-14H,1-3H3. The maximum atomic E-state index is 11.7. The molecule has 0 aliphatic carbocycles. The van der Waals surface area contributed by atoms with Gasteiger partial charge in [-0.15, -0.1) is 0 Å². The highest BCUT2D eigenvalue weighted by Crippen LogP contribution is 2.26. The first-order chi connectivity index (χ1) is 7.59. The fourth-order valence-electron chi connectivity index (χ4n) is 1.15. The highest BCUT2D eigenvalue weighted by Gasteiger charge is 2.19. The van der Waals surface area contributed by atoms with E-state index in [1.54, 1.807) is 20.8 Å². The Hall–Kier alpha value is -0.980. The molecular weight excluding hydrogens is 264 g/mol. The van der Waals surface area contributed by atoms with Gasteiger partial charge in [-0.05, 0) is 39.0 Å². The van der Waals surface area contributed by atoms with Crippen LogP contribution >= 0.6 is 11.6 Å². The smallest absolute Gasteiger partial charge is 0.299 e. The maximum Gasteiger partial charge on any atom is 0.299 e. The molecule has 5 nitrogen and oxygen atoms in total. The van der Waals surface area contributed by atoms with Crippen molar-refractivity contribution in [3.63, 3.8) is 0 Å². The molecule has 96 valence electrons. The Kier molecular flexibility index (Phi) is 3.91. The van der Waals surface area contributed by atoms with Gasteiger partial charge in [-0.2, -0.15) is 13.1 Å². The Balaban J connectivity index is 2.87. The van der Waals surface area contributed by atoms with Crippen molar-refractivity contribution in [2.75, 3.05) is 4.72 Å². The van der Waals surface area contributed by atoms with Gasteiger partial charge in [0.15, 0.2) is 0 Å². The molecule has 7 heteroatoms. The molecule has 0 aromatic heterocycles. The third-order valence-electron chi connectivity index (χ3n) is 1.64. The number of phenols is 1. The molecular formula is C10H15ClN2O3S. The SMILES string of the molecule is CC(C)(C)NS(=O)(=O)Nc1ccc(O)c(Cl)c1. The summed E-state index contributed by atoms with van der Waals surface area (Å²) in [6.45, 7) is 5.20. The molecule has 0 saturated heterocycles. The summed E-state index contributed by atoms with van der Waals surface area (Å²) in [6, 6.07) is 4.07. The third kappa shape index (κ3) is 4.80. The van der Waals surface area contributed by atoms with Crippen molar-refractivity contribution in [1.82, 2.24) is 4.72 Å². The molecule has 17 heavy (non-hydrogen) atoms. The summed E-state index contributed by atoms with van der Waals surface area (Å²) in [7, 11) is -3.66. The number of benzene rings is 1. The molecule has 0 aliphatic heterocycles. The number of rotatable bonds is 3. The largest absolute Gasteiger partial charge is 0.506 e. The topological polar surface area (TPSA) is 78.4 Å². The van der Waals surface area contributed by atoms with Crippen LogP contribution in [0.1, 0.15) is 20.8 Å². The number of phenolic OH excluding ortho intramolecular Hbond substituents is 1. The summed E-state index contributed by atoms with van der Waals surface area (Å²) in [4.78, 5) is 0. The first-order valence-electron chi connectivity index (χ1n) is 4.89. The minimum absolute atomic E-state index is 0.0842. The number of hydrogen-bond donors (Lipinski definition) is 3. The summed E-state index contributed by atoms with van der Waals surface area (Å²) in [5.41, 5.74) is -0.295. The first kappa shape index (κ1) is 14.1. The van der Waals surface area contributed by atoms with E-state index in [0.717, 1.165) is 0 Å². The Bertz CT molecular complexity index is 509. The van der Waals surface area contributed by atoms with Gasteiger partial charge in [0.1, 0.15) is 5.75 Å². The van der Waals surface area contributed by atoms with Gasteiger partial charge in [0.05, 0.1) is 10.7 Å². The van der Waals surface area contributed by atoms with E-state index in [0.29, 0.717) is 0 Å². The summed E-state index contributed by atoms with van der Waals surface area (Å²) >= 11 is 5.67. The summed E-state index contributed by atoms with van der Waals surface area (Å²) in [5.74, 6) is -0.0987. The molecule has 0 unspecified atom stereocenters. The number of aromatic hydroxyl groups is 1. The van der Waals surface area contributed by atoms with Gasteiger partial charge in [-0.1, -0.05) is 11.6 Å². The fraction of sp³-hybridized carbons (Fsp3) is 0.400. The van der Waals surface area contributed by atoms with E-state index in [-0.39, 0.29) is 16.5 Å². The van der Waals surface area contributed by atoms with Gasteiger partial charge in [0.25, 0.3) is 10.2 Å². The third-order valence-corrected chi connectivity index (χ3v) is 3.33. The van der Waals surface area contributed by atoms with Gasteiger partial charge < -0.3 is 5.11 Å². The molecule has 0 amide bonds. The van der Waals surface area contributed by atoms with E-state index in [1.165, 1.54) is 18.2 Å². The minimum Gasteiger partial charge on any atom is -0.506 e. The second-order valence-electron chi connectivity index (χ2n) is 4.62. The number of nitrogens with one attached hydrogen (secondary N) is 2. The van der Waals surface area contributed by atoms with Crippen LogP contribution in [-0.4, -0.2) is 19.1 Å². The van der Waals surface area contributed by atoms with Crippen LogP contribution in [0, 0.1) is 0 Å². The van der Waals surface area contributed by atoms with Crippen molar-refractivity contribution in [2.45, 2.75) is 26.3 Å². The lowest BCUT2D eigenvalue weighted by Gasteiger charge is -2.20. The molecule has 0 spiro atoms. The Morgan fingerprint density at radius 3 is 2.35 bits per heavy atom. The van der Waals surface area contributed by atoms with Crippen molar-refractivity contribution in [1.29, 1.82) is 0 Å². The molecule has 1 aromatic carbocycles. The maximum absolute atomic E-state index is 11.7. The lowest BCUT2D eigenvalue weighted by molar-refractivity contribution is 0.475. The Labute approximate surface area is 106 Å². The van der Waals surface area contributed by atoms with Crippen LogP contribution in [0.4, 0.5) is 5.69 Å². The highest BCUT2D eigenvalue weighted by atomic mass is 35.5. The van der Waals surface area contributed by atoms with Gasteiger partial charge in [0, 0.05) is 5.54 Å². The molecule has 0 aliphatic rings. The van der Waals surface area contributed by atoms with Crippen LogP contribution in [0.25, 0.3) is 0 Å². The van der Waals surface area contributed by atoms with Crippen LogP contribution in [0.5, 0.6) is 5.75 Å². The number of hydrogen-bond acceptors (Lipinski definition) is 3. The first-order valence-corrected chi connectivity index (χ1v) is 6.75. The van der Waals surface area contributed by atoms with Crippen LogP contribution in [0.3, 0.4) is 0 Å². The van der Waals surface area contributed by atoms with E-state index in [9.17, 15) is 13.5 Å². The molecule has 0 atom stereocenters. The van der Waals surface area contributed by atoms with E-state index in [1.807, 2.05) is 0 Å². The zero-order valence-electron chi connectivity index (χ0n) is 9.78. The van der Waals surface area contributed by atoms with Gasteiger partial charge in [-0.3, -0.25) is 4.72 Å². The van der Waals surface area contributed by atoms with Crippen molar-refractivity contribution in [2.24, 2.45) is 0 Å². The van der Waals surface area contributed by atoms with E-state index in [2.05, 4.69) is 9.44 Å². The number of halogens is 1. The van der Waals surface area contributed by atoms with Crippen molar-refractivity contribution < 1.29 is 13.5 Å². The van der Waals surface area contributed by atoms with Gasteiger partial charge in [0.2, 0.25) is 0 Å². The minimum atomic E-state index is -3.66. The molecule has 0 saturated carbocycles. The number of anilines is 1. The van der Waals surface area contributed by atoms with E-state index >= 15 is 0 Å². The molecule has 1 aromatic rings. The van der Waals surface area contributed by atoms with Crippen LogP contribution < -0.4 is 9.44 Å². The average Bonchev–Trinajstić information content (AvgIpc) is 2.06. The molecule has 0 radical (unpaired) electrons. The van der Waals surface area contributed by atoms with Gasteiger partial charge >= 0.3 is 0 Å². The zero-order valence-corrected chi connectivity index (χ0v) is 11.4. The molecule has 0 heterocycles. The Morgan fingerprint density at radius 2 is 1.88 bits per heavy atom. The summed E-state index contributed by atoms with van der Waals surface area (Å²) in [5, 5.41) is 9.29. The van der Waals surface area contributed by atoms with Crippen LogP contribution in [-0.2, 0) is 10.2 Å². The molecule has 0 bridgehead atoms.